The summed E-state index contributed by atoms with van der Waals surface area (Å²) in [4.78, 5) is 0. The van der Waals surface area contributed by atoms with Gasteiger partial charge in [0.1, 0.15) is 0 Å². The van der Waals surface area contributed by atoms with Gasteiger partial charge in [-0.3, -0.25) is 0 Å². The van der Waals surface area contributed by atoms with E-state index in [1.54, 1.807) is 0 Å². The summed E-state index contributed by atoms with van der Waals surface area (Å²) in [6.45, 7) is 0. The van der Waals surface area contributed by atoms with Gasteiger partial charge in [-0.1, -0.05) is 0 Å². The Morgan fingerprint density at radius 1 is 0.500 bits per heavy atom. The van der Waals surface area contributed by atoms with Crippen LogP contribution >= 0.6 is 0 Å². The summed E-state index contributed by atoms with van der Waals surface area (Å²) in [6.07, 6.45) is 0. The van der Waals surface area contributed by atoms with E-state index in [1.807, 2.05) is 0 Å². The van der Waals surface area contributed by atoms with Crippen LogP contribution in [0, 0.1) is 0 Å². The molecular weight excluding hydrogens is 303 g/mol. The van der Waals surface area contributed by atoms with E-state index in [1.165, 1.54) is 0 Å². The van der Waals surface area contributed by atoms with Crippen LogP contribution in [0.2, 0.25) is 0 Å². The minimum absolute atomic E-state index is 0. The van der Waals surface area contributed by atoms with Crippen molar-refractivity contribution in [3.63, 3.8) is 0 Å². The van der Waals surface area contributed by atoms with Gasteiger partial charge in [0.2, 0.25) is 0 Å². The molecule has 0 spiro atoms. The van der Waals surface area contributed by atoms with Crippen LogP contribution in [0.1, 0.15) is 0 Å². The average molecular weight is 306 g/mol. The zero-order chi connectivity index (χ0) is 0. The van der Waals surface area contributed by atoms with Crippen LogP contribution in [0.5, 0.6) is 0 Å². The van der Waals surface area contributed by atoms with Crippen LogP contribution in [0.3, 0.4) is 0 Å². The predicted molar refractivity (Wildman–Crippen MR) is 9.94 cm³/mol. The molecule has 8 heteroatoms. The number of halogens is 5. The molecule has 0 rings (SSSR count). The molecule has 50 valence electrons. The zero-order valence-electron chi connectivity index (χ0n) is 2.84. The maximum Gasteiger partial charge on any atom is 5.00 e. The fraction of sp³-hybridized carbons (Fsp3) is 0. The monoisotopic (exact) mass is 304 g/mol. The quantitative estimate of drug-likeness (QED) is 0.390. The van der Waals surface area contributed by atoms with Crippen molar-refractivity contribution in [3.8, 4) is 0 Å². The predicted octanol–water partition coefficient (Wildman–Crippen LogP) is -16.2. The van der Waals surface area contributed by atoms with Gasteiger partial charge >= 0.3 is 18.6 Å². The van der Waals surface area contributed by atoms with Gasteiger partial charge in [0.05, 0.1) is 0 Å². The van der Waals surface area contributed by atoms with Gasteiger partial charge in [0.25, 0.3) is 0 Å². The molecule has 0 fully saturated rings. The molecule has 0 aromatic rings. The third-order valence-corrected chi connectivity index (χ3v) is 0. The smallest absolute Gasteiger partial charge is 1.00 e. The molecule has 0 N–H and O–H groups in total. The van der Waals surface area contributed by atoms with Gasteiger partial charge in [-0.05, 0) is 0 Å². The second-order valence-corrected chi connectivity index (χ2v) is 0. The molecule has 0 unspecified atom stereocenters. The molecule has 0 atom stereocenters. The van der Waals surface area contributed by atoms with Crippen molar-refractivity contribution in [2.45, 2.75) is 0 Å². The van der Waals surface area contributed by atoms with Crippen LogP contribution in [0.25, 0.3) is 0 Å². The number of rotatable bonds is 0. The van der Waals surface area contributed by atoms with E-state index in [4.69, 9.17) is 0 Å². The second-order valence-electron chi connectivity index (χ2n) is 0. The van der Waals surface area contributed by atoms with Crippen molar-refractivity contribution in [1.82, 2.24) is 0 Å². The number of hydrogen-bond acceptors (Lipinski definition) is 0. The second kappa shape index (κ2) is 82.3. The Morgan fingerprint density at radius 3 is 0.500 bits per heavy atom. The fourth-order valence-corrected chi connectivity index (χ4v) is 0. The van der Waals surface area contributed by atoms with Gasteiger partial charge in [-0.25, -0.2) is 0 Å². The van der Waals surface area contributed by atoms with E-state index >= 15 is 0 Å². The molecule has 8 heavy (non-hydrogen) atoms. The van der Waals surface area contributed by atoms with Crippen LogP contribution in [-0.2, 0) is 40.3 Å². The summed E-state index contributed by atoms with van der Waals surface area (Å²) in [7, 11) is 0. The molecule has 0 radical (unpaired) electrons. The third kappa shape index (κ3) is 59.1. The van der Waals surface area contributed by atoms with E-state index in [0.717, 1.165) is 0 Å². The molecule has 0 saturated carbocycles. The maximum atomic E-state index is 0. The molecular formula is H3AlCl5TiV. The van der Waals surface area contributed by atoms with Crippen molar-refractivity contribution in [2.24, 2.45) is 0 Å². The Morgan fingerprint density at radius 2 is 0.500 bits per heavy atom. The largest absolute Gasteiger partial charge is 5.00 e. The van der Waals surface area contributed by atoms with Crippen LogP contribution in [-0.4, -0.2) is 17.4 Å². The van der Waals surface area contributed by atoms with E-state index in [9.17, 15) is 0 Å². The van der Waals surface area contributed by atoms with E-state index in [2.05, 4.69) is 0 Å². The summed E-state index contributed by atoms with van der Waals surface area (Å²) in [5.74, 6) is 0. The van der Waals surface area contributed by atoms with E-state index in [-0.39, 0.29) is 120 Å². The van der Waals surface area contributed by atoms with Crippen molar-refractivity contribution in [3.05, 3.63) is 0 Å². The number of hydrogen-bond donors (Lipinski definition) is 0. The molecule has 0 saturated heterocycles. The summed E-state index contributed by atoms with van der Waals surface area (Å²) >= 11 is 0. The molecule has 0 nitrogen and oxygen atoms in total. The topological polar surface area (TPSA) is 0 Å². The normalized spacial score (nSPS) is 0. The molecule has 0 heterocycles. The molecule has 0 aliphatic carbocycles. The molecule has 0 aliphatic heterocycles. The standard InChI is InChI=1S/Al.5ClH.Ti.V.3H/h;5*1H;;;;;/q;;;;;;;+5;;;/p-5. The minimum atomic E-state index is 0. The first-order valence-corrected chi connectivity index (χ1v) is 0. The van der Waals surface area contributed by atoms with Gasteiger partial charge in [0, 0.05) is 21.7 Å². The van der Waals surface area contributed by atoms with Crippen molar-refractivity contribution < 1.29 is 102 Å². The molecule has 0 aromatic heterocycles. The summed E-state index contributed by atoms with van der Waals surface area (Å²) in [6, 6.07) is 0. The molecule has 0 bridgehead atoms. The fourth-order valence-electron chi connectivity index (χ4n) is 0. The van der Waals surface area contributed by atoms with Crippen LogP contribution in [0.15, 0.2) is 0 Å². The molecule has 0 aromatic carbocycles. The Bertz CT molecular complexity index is 12.4. The van der Waals surface area contributed by atoms with E-state index < -0.39 is 0 Å². The minimum Gasteiger partial charge on any atom is -1.00 e. The summed E-state index contributed by atoms with van der Waals surface area (Å²) < 4.78 is 0. The van der Waals surface area contributed by atoms with Crippen molar-refractivity contribution >= 4 is 17.4 Å². The maximum absolute atomic E-state index is 0. The zero-order valence-corrected chi connectivity index (χ0v) is 9.57. The Balaban J connectivity index is 0. The molecule has 0 aliphatic rings. The van der Waals surface area contributed by atoms with Crippen molar-refractivity contribution in [1.29, 1.82) is 0 Å². The Labute approximate surface area is 118 Å². The third-order valence-electron chi connectivity index (χ3n) is 0. The molecule has 0 amide bonds. The van der Waals surface area contributed by atoms with E-state index in [0.29, 0.717) is 0 Å². The Kier molecular flexibility index (Phi) is 1140. The SMILES string of the molecule is [AlH3].[Cl-].[Cl-].[Cl-].[Cl-].[Cl-].[Ti].[V+5]. The average Bonchev–Trinajstić information content (AvgIpc) is 0. The van der Waals surface area contributed by atoms with Crippen LogP contribution < -0.4 is 62.0 Å². The first-order valence-electron chi connectivity index (χ1n) is 0. The van der Waals surface area contributed by atoms with Gasteiger partial charge < -0.3 is 62.0 Å². The van der Waals surface area contributed by atoms with Gasteiger partial charge in [0.15, 0.2) is 17.4 Å². The first-order chi connectivity index (χ1) is 0. The van der Waals surface area contributed by atoms with Crippen LogP contribution in [0.4, 0.5) is 0 Å². The van der Waals surface area contributed by atoms with Crippen molar-refractivity contribution in [2.75, 3.05) is 0 Å². The van der Waals surface area contributed by atoms with Gasteiger partial charge in [-0.2, -0.15) is 0 Å². The summed E-state index contributed by atoms with van der Waals surface area (Å²) in [5, 5.41) is 0. The first kappa shape index (κ1) is 111. The Hall–Kier alpha value is 3.28. The summed E-state index contributed by atoms with van der Waals surface area (Å²) in [5.41, 5.74) is 0. The van der Waals surface area contributed by atoms with Gasteiger partial charge in [-0.15, -0.1) is 0 Å².